The van der Waals surface area contributed by atoms with Gasteiger partial charge in [-0.1, -0.05) is 35.4 Å². The number of aromatic nitrogens is 1. The monoisotopic (exact) mass is 505 g/mol. The van der Waals surface area contributed by atoms with E-state index in [4.69, 9.17) is 0 Å². The van der Waals surface area contributed by atoms with Crippen molar-refractivity contribution in [3.63, 3.8) is 0 Å². The molecule has 2 N–H and O–H groups in total. The van der Waals surface area contributed by atoms with Crippen LogP contribution >= 0.6 is 0 Å². The number of halogens is 1. The van der Waals surface area contributed by atoms with Gasteiger partial charge in [-0.15, -0.1) is 0 Å². The van der Waals surface area contributed by atoms with Crippen molar-refractivity contribution in [2.75, 3.05) is 30.0 Å². The van der Waals surface area contributed by atoms with Crippen LogP contribution < -0.4 is 9.80 Å². The SMILES string of the molecule is Cc1cc(C)cc(C(C)(C)C(=O)N(C)c2cnc(N3C[C@H](O)C[C@H]3CO)cc2-c2ccc(F)cc2C)c1. The largest absolute Gasteiger partial charge is 0.394 e. The fourth-order valence-electron chi connectivity index (χ4n) is 5.34. The second kappa shape index (κ2) is 10.2. The number of pyridine rings is 1. The normalized spacial score (nSPS) is 17.8. The first-order valence-electron chi connectivity index (χ1n) is 12.6. The van der Waals surface area contributed by atoms with E-state index < -0.39 is 11.5 Å². The van der Waals surface area contributed by atoms with E-state index in [2.05, 4.69) is 11.1 Å². The topological polar surface area (TPSA) is 76.9 Å². The molecule has 2 atom stereocenters. The maximum absolute atomic E-state index is 14.0. The Kier molecular flexibility index (Phi) is 7.40. The van der Waals surface area contributed by atoms with Crippen LogP contribution in [-0.4, -0.2) is 53.4 Å². The molecule has 1 aliphatic heterocycles. The molecule has 4 rings (SSSR count). The van der Waals surface area contributed by atoms with Crippen LogP contribution in [0.4, 0.5) is 15.9 Å². The molecule has 0 saturated carbocycles. The number of carbonyl (C=O) groups is 1. The maximum atomic E-state index is 14.0. The van der Waals surface area contributed by atoms with E-state index in [1.54, 1.807) is 24.2 Å². The Labute approximate surface area is 218 Å². The molecule has 7 heteroatoms. The summed E-state index contributed by atoms with van der Waals surface area (Å²) in [6.07, 6.45) is 1.55. The van der Waals surface area contributed by atoms with Gasteiger partial charge < -0.3 is 20.0 Å². The van der Waals surface area contributed by atoms with Crippen molar-refractivity contribution in [2.45, 2.75) is 58.6 Å². The van der Waals surface area contributed by atoms with Gasteiger partial charge >= 0.3 is 0 Å². The molecule has 0 bridgehead atoms. The predicted octanol–water partition coefficient (Wildman–Crippen LogP) is 4.69. The van der Waals surface area contributed by atoms with Crippen molar-refractivity contribution in [1.82, 2.24) is 4.98 Å². The second-order valence-corrected chi connectivity index (χ2v) is 10.8. The van der Waals surface area contributed by atoms with Crippen molar-refractivity contribution in [3.8, 4) is 11.1 Å². The van der Waals surface area contributed by atoms with Gasteiger partial charge in [0.2, 0.25) is 5.91 Å². The van der Waals surface area contributed by atoms with Gasteiger partial charge in [-0.3, -0.25) is 4.79 Å². The molecule has 3 aromatic rings. The minimum absolute atomic E-state index is 0.0992. The number of nitrogens with zero attached hydrogens (tertiary/aromatic N) is 3. The van der Waals surface area contributed by atoms with Crippen LogP contribution in [0.3, 0.4) is 0 Å². The number of benzene rings is 2. The summed E-state index contributed by atoms with van der Waals surface area (Å²) in [6.45, 7) is 9.97. The van der Waals surface area contributed by atoms with Gasteiger partial charge in [-0.2, -0.15) is 0 Å². The average molecular weight is 506 g/mol. The smallest absolute Gasteiger partial charge is 0.236 e. The summed E-state index contributed by atoms with van der Waals surface area (Å²) in [6, 6.07) is 12.4. The van der Waals surface area contributed by atoms with Gasteiger partial charge in [0, 0.05) is 19.2 Å². The van der Waals surface area contributed by atoms with E-state index in [-0.39, 0.29) is 24.4 Å². The Bertz CT molecular complexity index is 1300. The molecule has 1 fully saturated rings. The third kappa shape index (κ3) is 5.24. The minimum Gasteiger partial charge on any atom is -0.394 e. The molecule has 1 aromatic heterocycles. The Hall–Kier alpha value is -3.29. The van der Waals surface area contributed by atoms with Crippen LogP contribution in [0.2, 0.25) is 0 Å². The molecule has 37 heavy (non-hydrogen) atoms. The maximum Gasteiger partial charge on any atom is 0.236 e. The second-order valence-electron chi connectivity index (χ2n) is 10.8. The zero-order valence-electron chi connectivity index (χ0n) is 22.4. The van der Waals surface area contributed by atoms with E-state index in [0.29, 0.717) is 24.5 Å². The first kappa shape index (κ1) is 26.8. The van der Waals surface area contributed by atoms with E-state index >= 15 is 0 Å². The Balaban J connectivity index is 1.81. The lowest BCUT2D eigenvalue weighted by Gasteiger charge is -2.32. The molecular weight excluding hydrogens is 469 g/mol. The molecule has 196 valence electrons. The zero-order valence-corrected chi connectivity index (χ0v) is 22.4. The number of carbonyl (C=O) groups excluding carboxylic acids is 1. The molecule has 0 spiro atoms. The van der Waals surface area contributed by atoms with Crippen molar-refractivity contribution in [1.29, 1.82) is 0 Å². The Morgan fingerprint density at radius 3 is 2.41 bits per heavy atom. The number of rotatable bonds is 6. The van der Waals surface area contributed by atoms with Crippen molar-refractivity contribution in [2.24, 2.45) is 0 Å². The van der Waals surface area contributed by atoms with E-state index in [0.717, 1.165) is 33.4 Å². The molecular formula is C30H36FN3O3. The third-order valence-electron chi connectivity index (χ3n) is 7.39. The molecule has 1 saturated heterocycles. The fourth-order valence-corrected chi connectivity index (χ4v) is 5.34. The van der Waals surface area contributed by atoms with Crippen molar-refractivity contribution in [3.05, 3.63) is 76.7 Å². The summed E-state index contributed by atoms with van der Waals surface area (Å²) >= 11 is 0. The summed E-state index contributed by atoms with van der Waals surface area (Å²) in [5, 5.41) is 20.1. The van der Waals surface area contributed by atoms with Crippen LogP contribution in [0, 0.1) is 26.6 Å². The molecule has 2 aromatic carbocycles. The van der Waals surface area contributed by atoms with E-state index in [1.165, 1.54) is 12.1 Å². The lowest BCUT2D eigenvalue weighted by molar-refractivity contribution is -0.122. The van der Waals surface area contributed by atoms with E-state index in [9.17, 15) is 19.4 Å². The standard InChI is InChI=1S/C30H36FN3O3/c1-18-9-19(2)11-21(10-18)30(4,5)29(37)33(6)27-15-32-28(34-16-24(36)13-23(34)17-35)14-26(27)25-8-7-22(31)12-20(25)3/h7-12,14-15,23-24,35-36H,13,16-17H2,1-6H3/t23-,24+/m0/s1. The molecule has 0 unspecified atom stereocenters. The van der Waals surface area contributed by atoms with Gasteiger partial charge in [0.05, 0.1) is 36.1 Å². The highest BCUT2D eigenvalue weighted by atomic mass is 19.1. The summed E-state index contributed by atoms with van der Waals surface area (Å²) in [5.74, 6) is 0.158. The van der Waals surface area contributed by atoms with Crippen molar-refractivity contribution >= 4 is 17.4 Å². The fraction of sp³-hybridized carbons (Fsp3) is 0.400. The molecule has 1 aliphatic rings. The Morgan fingerprint density at radius 2 is 1.78 bits per heavy atom. The van der Waals surface area contributed by atoms with Crippen LogP contribution in [0.25, 0.3) is 11.1 Å². The number of likely N-dealkylation sites (N-methyl/N-ethyl adjacent to an activating group) is 1. The number of aliphatic hydroxyl groups is 2. The average Bonchev–Trinajstić information content (AvgIpc) is 3.23. The quantitative estimate of drug-likeness (QED) is 0.509. The molecule has 0 aliphatic carbocycles. The van der Waals surface area contributed by atoms with Crippen LogP contribution in [0.5, 0.6) is 0 Å². The van der Waals surface area contributed by atoms with Gasteiger partial charge in [0.25, 0.3) is 0 Å². The van der Waals surface area contributed by atoms with E-state index in [1.807, 2.05) is 57.7 Å². The number of amides is 1. The number of aryl methyl sites for hydroxylation is 3. The summed E-state index contributed by atoms with van der Waals surface area (Å²) in [7, 11) is 1.74. The number of β-amino-alcohol motifs (C(OH)–C–C–N with tert-alkyl or cyclic N) is 1. The van der Waals surface area contributed by atoms with Gasteiger partial charge in [0.1, 0.15) is 11.6 Å². The first-order valence-corrected chi connectivity index (χ1v) is 12.6. The highest BCUT2D eigenvalue weighted by molar-refractivity contribution is 6.03. The third-order valence-corrected chi connectivity index (χ3v) is 7.39. The lowest BCUT2D eigenvalue weighted by Crippen LogP contribution is -2.42. The number of hydrogen-bond donors (Lipinski definition) is 2. The predicted molar refractivity (Wildman–Crippen MR) is 146 cm³/mol. The summed E-state index contributed by atoms with van der Waals surface area (Å²) < 4.78 is 14.0. The van der Waals surface area contributed by atoms with Gasteiger partial charge in [0.15, 0.2) is 0 Å². The van der Waals surface area contributed by atoms with Crippen LogP contribution in [0.1, 0.15) is 42.5 Å². The van der Waals surface area contributed by atoms with Crippen LogP contribution in [-0.2, 0) is 10.2 Å². The Morgan fingerprint density at radius 1 is 1.11 bits per heavy atom. The molecule has 2 heterocycles. The highest BCUT2D eigenvalue weighted by Crippen LogP contribution is 2.38. The molecule has 6 nitrogen and oxygen atoms in total. The van der Waals surface area contributed by atoms with Crippen molar-refractivity contribution < 1.29 is 19.4 Å². The minimum atomic E-state index is -0.805. The highest BCUT2D eigenvalue weighted by Gasteiger charge is 2.35. The summed E-state index contributed by atoms with van der Waals surface area (Å²) in [5.41, 5.74) is 5.16. The molecule has 1 amide bonds. The number of aliphatic hydroxyl groups excluding tert-OH is 2. The van der Waals surface area contributed by atoms with Crippen LogP contribution in [0.15, 0.2) is 48.7 Å². The lowest BCUT2D eigenvalue weighted by atomic mass is 9.81. The zero-order chi connectivity index (χ0) is 27.1. The summed E-state index contributed by atoms with van der Waals surface area (Å²) in [4.78, 5) is 22.1. The van der Waals surface area contributed by atoms with Gasteiger partial charge in [-0.05, 0) is 75.9 Å². The first-order chi connectivity index (χ1) is 17.4. The number of anilines is 2. The van der Waals surface area contributed by atoms with Gasteiger partial charge in [-0.25, -0.2) is 9.37 Å². The number of hydrogen-bond acceptors (Lipinski definition) is 5. The molecule has 0 radical (unpaired) electrons.